The van der Waals surface area contributed by atoms with Crippen LogP contribution in [-0.2, 0) is 20.0 Å². The Hall–Kier alpha value is -3.40. The predicted molar refractivity (Wildman–Crippen MR) is 136 cm³/mol. The Balaban J connectivity index is 1.74. The van der Waals surface area contributed by atoms with E-state index in [-0.39, 0.29) is 31.0 Å². The van der Waals surface area contributed by atoms with Crippen LogP contribution in [0, 0.1) is 11.6 Å². The number of ether oxygens (including phenoxy) is 1. The van der Waals surface area contributed by atoms with Gasteiger partial charge in [-0.25, -0.2) is 25.6 Å². The quantitative estimate of drug-likeness (QED) is 0.209. The van der Waals surface area contributed by atoms with Crippen LogP contribution < -0.4 is 14.2 Å². The molecule has 0 aliphatic carbocycles. The van der Waals surface area contributed by atoms with Gasteiger partial charge in [0.2, 0.25) is 0 Å². The average molecular weight is 625 g/mol. The van der Waals surface area contributed by atoms with Crippen molar-refractivity contribution in [1.29, 1.82) is 0 Å². The van der Waals surface area contributed by atoms with E-state index in [0.29, 0.717) is 6.07 Å². The summed E-state index contributed by atoms with van der Waals surface area (Å²) in [5.74, 6) is -2.49. The monoisotopic (exact) mass is 624 g/mol. The first-order valence-electron chi connectivity index (χ1n) is 10.4. The van der Waals surface area contributed by atoms with E-state index in [1.165, 1.54) is 24.3 Å². The van der Waals surface area contributed by atoms with Gasteiger partial charge in [0, 0.05) is 6.07 Å². The highest BCUT2D eigenvalue weighted by Crippen LogP contribution is 2.35. The standard InChI is InChI=1S/C23H14ClF5N2O5S3/c24-21-7-8-22(37-21)39(34,35)30-19-6-1-13(14-9-15(25)12-16(26)10-14)11-20(19)31-38(32,33)18-4-2-17(3-5-18)36-23(27,28)29/h1-12,30-31H. The van der Waals surface area contributed by atoms with Gasteiger partial charge in [-0.2, -0.15) is 0 Å². The molecule has 0 radical (unpaired) electrons. The third kappa shape index (κ3) is 7.17. The maximum atomic E-state index is 13.8. The van der Waals surface area contributed by atoms with Crippen molar-refractivity contribution in [1.82, 2.24) is 0 Å². The number of anilines is 2. The van der Waals surface area contributed by atoms with Crippen LogP contribution in [0.3, 0.4) is 0 Å². The molecule has 0 unspecified atom stereocenters. The van der Waals surface area contributed by atoms with Crippen molar-refractivity contribution < 1.29 is 43.5 Å². The first-order chi connectivity index (χ1) is 18.1. The van der Waals surface area contributed by atoms with Gasteiger partial charge in [0.25, 0.3) is 20.0 Å². The molecule has 0 spiro atoms. The van der Waals surface area contributed by atoms with E-state index in [1.807, 2.05) is 0 Å². The van der Waals surface area contributed by atoms with E-state index in [9.17, 15) is 38.8 Å². The molecule has 0 aliphatic heterocycles. The van der Waals surface area contributed by atoms with Crippen molar-refractivity contribution in [3.8, 4) is 16.9 Å². The van der Waals surface area contributed by atoms with Gasteiger partial charge in [0.15, 0.2) is 0 Å². The number of rotatable bonds is 8. The van der Waals surface area contributed by atoms with E-state index < -0.39 is 48.7 Å². The summed E-state index contributed by atoms with van der Waals surface area (Å²) in [5.41, 5.74) is -0.483. The molecule has 1 aromatic heterocycles. The normalized spacial score (nSPS) is 12.3. The SMILES string of the molecule is O=S(=O)(Nc1cc(-c2cc(F)cc(F)c2)ccc1NS(=O)(=O)c1ccc(Cl)s1)c1ccc(OC(F)(F)F)cc1. The van der Waals surface area contributed by atoms with Crippen LogP contribution in [0.5, 0.6) is 5.75 Å². The number of benzene rings is 3. The molecule has 3 aromatic carbocycles. The fourth-order valence-electron chi connectivity index (χ4n) is 3.28. The van der Waals surface area contributed by atoms with E-state index in [2.05, 4.69) is 14.2 Å². The van der Waals surface area contributed by atoms with Crippen molar-refractivity contribution in [2.24, 2.45) is 0 Å². The number of hydrogen-bond acceptors (Lipinski definition) is 6. The van der Waals surface area contributed by atoms with Gasteiger partial charge in [-0.3, -0.25) is 9.44 Å². The first kappa shape index (κ1) is 28.6. The Morgan fingerprint density at radius 3 is 1.90 bits per heavy atom. The minimum atomic E-state index is -4.99. The third-order valence-corrected chi connectivity index (χ3v) is 9.36. The van der Waals surface area contributed by atoms with E-state index >= 15 is 0 Å². The summed E-state index contributed by atoms with van der Waals surface area (Å²) in [5, 5.41) is 0. The zero-order valence-electron chi connectivity index (χ0n) is 19.0. The van der Waals surface area contributed by atoms with Gasteiger partial charge in [-0.15, -0.1) is 24.5 Å². The van der Waals surface area contributed by atoms with Crippen molar-refractivity contribution in [2.45, 2.75) is 15.5 Å². The van der Waals surface area contributed by atoms with Gasteiger partial charge in [0.1, 0.15) is 21.6 Å². The van der Waals surface area contributed by atoms with Gasteiger partial charge >= 0.3 is 6.36 Å². The summed E-state index contributed by atoms with van der Waals surface area (Å²) in [6.07, 6.45) is -4.99. The second-order valence-corrected chi connectivity index (χ2v) is 13.0. The molecule has 39 heavy (non-hydrogen) atoms. The molecule has 0 atom stereocenters. The van der Waals surface area contributed by atoms with Crippen LogP contribution in [-0.4, -0.2) is 23.2 Å². The first-order valence-corrected chi connectivity index (χ1v) is 14.5. The van der Waals surface area contributed by atoms with Crippen LogP contribution in [0.25, 0.3) is 11.1 Å². The number of sulfonamides is 2. The lowest BCUT2D eigenvalue weighted by Crippen LogP contribution is -2.18. The van der Waals surface area contributed by atoms with Crippen molar-refractivity contribution in [2.75, 3.05) is 9.44 Å². The molecule has 0 saturated carbocycles. The summed E-state index contributed by atoms with van der Waals surface area (Å²) >= 11 is 6.56. The molecule has 0 aliphatic rings. The van der Waals surface area contributed by atoms with Crippen molar-refractivity contribution >= 4 is 54.4 Å². The third-order valence-electron chi connectivity index (χ3n) is 4.89. The number of alkyl halides is 3. The van der Waals surface area contributed by atoms with Gasteiger partial charge in [-0.05, 0) is 71.8 Å². The van der Waals surface area contributed by atoms with Gasteiger partial charge in [0.05, 0.1) is 20.6 Å². The molecule has 1 heterocycles. The molecule has 7 nitrogen and oxygen atoms in total. The molecule has 206 valence electrons. The summed E-state index contributed by atoms with van der Waals surface area (Å²) in [6, 6.07) is 12.0. The van der Waals surface area contributed by atoms with Crippen LogP contribution in [0.2, 0.25) is 4.34 Å². The zero-order chi connectivity index (χ0) is 28.6. The summed E-state index contributed by atoms with van der Waals surface area (Å²) in [7, 11) is -8.76. The molecular formula is C23H14ClF5N2O5S3. The highest BCUT2D eigenvalue weighted by atomic mass is 35.5. The molecule has 4 rings (SSSR count). The molecule has 0 bridgehead atoms. The number of nitrogens with one attached hydrogen (secondary N) is 2. The highest BCUT2D eigenvalue weighted by molar-refractivity contribution is 7.94. The van der Waals surface area contributed by atoms with Gasteiger partial charge < -0.3 is 4.74 Å². The minimum Gasteiger partial charge on any atom is -0.406 e. The summed E-state index contributed by atoms with van der Waals surface area (Å²) in [4.78, 5) is -0.488. The van der Waals surface area contributed by atoms with Crippen molar-refractivity contribution in [3.05, 3.63) is 88.8 Å². The van der Waals surface area contributed by atoms with Gasteiger partial charge in [-0.1, -0.05) is 17.7 Å². The second-order valence-electron chi connectivity index (χ2n) is 7.71. The summed E-state index contributed by atoms with van der Waals surface area (Å²) < 4.78 is 125. The fraction of sp³-hybridized carbons (Fsp3) is 0.0435. The molecular weight excluding hydrogens is 611 g/mol. The zero-order valence-corrected chi connectivity index (χ0v) is 22.2. The van der Waals surface area contributed by atoms with E-state index in [4.69, 9.17) is 11.6 Å². The Bertz CT molecular complexity index is 1720. The van der Waals surface area contributed by atoms with Crippen LogP contribution in [0.1, 0.15) is 0 Å². The maximum absolute atomic E-state index is 13.8. The molecule has 16 heteroatoms. The van der Waals surface area contributed by atoms with Crippen LogP contribution >= 0.6 is 22.9 Å². The highest BCUT2D eigenvalue weighted by Gasteiger charge is 2.31. The lowest BCUT2D eigenvalue weighted by atomic mass is 10.0. The molecule has 4 aromatic rings. The molecule has 2 N–H and O–H groups in total. The topological polar surface area (TPSA) is 102 Å². The maximum Gasteiger partial charge on any atom is 0.573 e. The second kappa shape index (κ2) is 10.6. The Morgan fingerprint density at radius 1 is 0.718 bits per heavy atom. The molecule has 0 fully saturated rings. The minimum absolute atomic E-state index is 0.0149. The smallest absolute Gasteiger partial charge is 0.406 e. The predicted octanol–water partition coefficient (Wildman–Crippen LogP) is 6.85. The molecule has 0 saturated heterocycles. The number of thiophene rings is 1. The molecule has 0 amide bonds. The number of halogens is 6. The average Bonchev–Trinajstić information content (AvgIpc) is 3.26. The van der Waals surface area contributed by atoms with Crippen LogP contribution in [0.4, 0.5) is 33.3 Å². The van der Waals surface area contributed by atoms with Crippen molar-refractivity contribution in [3.63, 3.8) is 0 Å². The Labute approximate surface area is 227 Å². The fourth-order valence-corrected chi connectivity index (χ4v) is 6.91. The van der Waals surface area contributed by atoms with Crippen LogP contribution in [0.15, 0.2) is 81.9 Å². The lowest BCUT2D eigenvalue weighted by Gasteiger charge is -2.16. The number of hydrogen-bond donors (Lipinski definition) is 2. The summed E-state index contributed by atoms with van der Waals surface area (Å²) in [6.45, 7) is 0. The Morgan fingerprint density at radius 2 is 1.33 bits per heavy atom. The van der Waals surface area contributed by atoms with E-state index in [1.54, 1.807) is 0 Å². The largest absolute Gasteiger partial charge is 0.573 e. The van der Waals surface area contributed by atoms with E-state index in [0.717, 1.165) is 53.8 Å². The Kier molecular flexibility index (Phi) is 7.80. The lowest BCUT2D eigenvalue weighted by molar-refractivity contribution is -0.274.